The van der Waals surface area contributed by atoms with Gasteiger partial charge < -0.3 is 4.74 Å². The summed E-state index contributed by atoms with van der Waals surface area (Å²) in [5.41, 5.74) is 0.634. The second kappa shape index (κ2) is 6.41. The Bertz CT molecular complexity index is 426. The van der Waals surface area contributed by atoms with Gasteiger partial charge in [-0.2, -0.15) is 0 Å². The van der Waals surface area contributed by atoms with Gasteiger partial charge in [0.2, 0.25) is 0 Å². The van der Waals surface area contributed by atoms with Crippen molar-refractivity contribution in [3.63, 3.8) is 0 Å². The Kier molecular flexibility index (Phi) is 5.08. The lowest BCUT2D eigenvalue weighted by atomic mass is 9.84. The van der Waals surface area contributed by atoms with E-state index in [1.165, 1.54) is 0 Å². The zero-order valence-electron chi connectivity index (χ0n) is 11.4. The van der Waals surface area contributed by atoms with Gasteiger partial charge in [0.1, 0.15) is 14.0 Å². The zero-order valence-corrected chi connectivity index (χ0v) is 12.9. The van der Waals surface area contributed by atoms with E-state index in [4.69, 9.17) is 35.8 Å². The average Bonchev–Trinajstić information content (AvgIpc) is 2.33. The summed E-state index contributed by atoms with van der Waals surface area (Å²) in [5.74, 6) is 2.12. The maximum atomic E-state index is 6.41. The van der Waals surface area contributed by atoms with Crippen LogP contribution >= 0.6 is 23.2 Å². The van der Waals surface area contributed by atoms with Gasteiger partial charge in [-0.15, -0.1) is 11.6 Å². The van der Waals surface area contributed by atoms with Gasteiger partial charge in [0.25, 0.3) is 0 Å². The molecule has 0 amide bonds. The summed E-state index contributed by atoms with van der Waals surface area (Å²) < 4.78 is 5.97. The molecule has 0 bridgehead atoms. The van der Waals surface area contributed by atoms with Gasteiger partial charge in [0.15, 0.2) is 0 Å². The Morgan fingerprint density at radius 3 is 2.68 bits per heavy atom. The SMILES string of the molecule is [B]C1=CCC(OC2=CC(Cl)C(C(C)C)CC2)C=C1Cl. The molecule has 2 rings (SSSR count). The number of ether oxygens (including phenoxy) is 1. The van der Waals surface area contributed by atoms with Crippen LogP contribution in [0.5, 0.6) is 0 Å². The summed E-state index contributed by atoms with van der Waals surface area (Å²) in [7, 11) is 5.72. The van der Waals surface area contributed by atoms with Gasteiger partial charge in [0.05, 0.1) is 11.1 Å². The van der Waals surface area contributed by atoms with E-state index in [2.05, 4.69) is 19.9 Å². The third-order valence-electron chi connectivity index (χ3n) is 3.82. The number of halogens is 2. The lowest BCUT2D eigenvalue weighted by molar-refractivity contribution is 0.135. The fraction of sp³-hybridized carbons (Fsp3) is 0.600. The molecular weight excluding hydrogens is 278 g/mol. The van der Waals surface area contributed by atoms with Crippen molar-refractivity contribution in [2.24, 2.45) is 11.8 Å². The van der Waals surface area contributed by atoms with Crippen LogP contribution in [0.1, 0.15) is 33.1 Å². The Hall–Kier alpha value is -0.335. The second-order valence-corrected chi connectivity index (χ2v) is 6.50. The molecule has 0 aromatic heterocycles. The average molecular weight is 297 g/mol. The van der Waals surface area contributed by atoms with Crippen molar-refractivity contribution in [3.8, 4) is 0 Å². The fourth-order valence-electron chi connectivity index (χ4n) is 2.60. The second-order valence-electron chi connectivity index (χ2n) is 5.59. The van der Waals surface area contributed by atoms with Crippen LogP contribution in [0.2, 0.25) is 0 Å². The standard InChI is InChI=1S/C15H19BCl2O/c1-9(2)12-5-3-10(7-14(12)17)19-11-4-6-13(16)15(18)8-11/h6-9,11-12,14H,3-5H2,1-2H3. The van der Waals surface area contributed by atoms with E-state index in [9.17, 15) is 0 Å². The van der Waals surface area contributed by atoms with Crippen molar-refractivity contribution in [2.75, 3.05) is 0 Å². The van der Waals surface area contributed by atoms with Gasteiger partial charge >= 0.3 is 0 Å². The first-order valence-electron chi connectivity index (χ1n) is 6.82. The molecule has 0 aromatic carbocycles. The normalized spacial score (nSPS) is 31.6. The Morgan fingerprint density at radius 1 is 1.37 bits per heavy atom. The maximum Gasteiger partial charge on any atom is 0.121 e. The molecule has 19 heavy (non-hydrogen) atoms. The lowest BCUT2D eigenvalue weighted by Crippen LogP contribution is -2.25. The summed E-state index contributed by atoms with van der Waals surface area (Å²) in [5, 5.41) is 0.641. The monoisotopic (exact) mass is 296 g/mol. The summed E-state index contributed by atoms with van der Waals surface area (Å²) in [6.07, 6.45) is 8.61. The molecule has 2 aliphatic rings. The van der Waals surface area contributed by atoms with E-state index in [1.54, 1.807) is 0 Å². The smallest absolute Gasteiger partial charge is 0.121 e. The van der Waals surface area contributed by atoms with Crippen LogP contribution < -0.4 is 0 Å². The number of hydrogen-bond acceptors (Lipinski definition) is 1. The molecule has 0 saturated carbocycles. The van der Waals surface area contributed by atoms with E-state index in [0.29, 0.717) is 22.3 Å². The third-order valence-corrected chi connectivity index (χ3v) is 4.61. The quantitative estimate of drug-likeness (QED) is 0.550. The van der Waals surface area contributed by atoms with Crippen molar-refractivity contribution >= 4 is 31.0 Å². The first-order valence-corrected chi connectivity index (χ1v) is 7.63. The van der Waals surface area contributed by atoms with Crippen LogP contribution in [0.4, 0.5) is 0 Å². The van der Waals surface area contributed by atoms with Crippen molar-refractivity contribution < 1.29 is 4.74 Å². The Balaban J connectivity index is 1.97. The highest BCUT2D eigenvalue weighted by molar-refractivity contribution is 6.41. The summed E-state index contributed by atoms with van der Waals surface area (Å²) in [4.78, 5) is 0. The third kappa shape index (κ3) is 3.82. The minimum atomic E-state index is -0.0227. The van der Waals surface area contributed by atoms with Crippen LogP contribution in [0.15, 0.2) is 34.5 Å². The summed E-state index contributed by atoms with van der Waals surface area (Å²) in [6.45, 7) is 4.44. The van der Waals surface area contributed by atoms with Gasteiger partial charge in [-0.25, -0.2) is 0 Å². The predicted molar refractivity (Wildman–Crippen MR) is 82.5 cm³/mol. The first-order chi connectivity index (χ1) is 8.97. The number of hydrogen-bond donors (Lipinski definition) is 0. The minimum Gasteiger partial charge on any atom is -0.491 e. The van der Waals surface area contributed by atoms with Crippen molar-refractivity contribution in [2.45, 2.75) is 44.6 Å². The molecule has 0 spiro atoms. The Morgan fingerprint density at radius 2 is 2.11 bits per heavy atom. The molecule has 0 aliphatic heterocycles. The van der Waals surface area contributed by atoms with Crippen LogP contribution in [0, 0.1) is 11.8 Å². The molecule has 0 saturated heterocycles. The molecule has 0 fully saturated rings. The molecular formula is C15H19BCl2O. The van der Waals surface area contributed by atoms with Gasteiger partial charge in [-0.3, -0.25) is 0 Å². The molecule has 4 heteroatoms. The van der Waals surface area contributed by atoms with Crippen molar-refractivity contribution in [1.82, 2.24) is 0 Å². The van der Waals surface area contributed by atoms with E-state index >= 15 is 0 Å². The van der Waals surface area contributed by atoms with Gasteiger partial charge in [0, 0.05) is 17.9 Å². The number of alkyl halides is 1. The summed E-state index contributed by atoms with van der Waals surface area (Å²) in [6, 6.07) is 0. The van der Waals surface area contributed by atoms with Gasteiger partial charge in [-0.1, -0.05) is 37.0 Å². The van der Waals surface area contributed by atoms with Crippen LogP contribution in [-0.4, -0.2) is 19.3 Å². The maximum absolute atomic E-state index is 6.41. The van der Waals surface area contributed by atoms with Crippen molar-refractivity contribution in [3.05, 3.63) is 34.5 Å². The Labute approximate surface area is 127 Å². The fourth-order valence-corrected chi connectivity index (χ4v) is 3.37. The largest absolute Gasteiger partial charge is 0.491 e. The van der Waals surface area contributed by atoms with E-state index in [0.717, 1.165) is 25.0 Å². The first kappa shape index (κ1) is 15.1. The highest BCUT2D eigenvalue weighted by Gasteiger charge is 2.27. The molecule has 0 heterocycles. The lowest BCUT2D eigenvalue weighted by Gasteiger charge is -2.31. The molecule has 3 unspecified atom stereocenters. The molecule has 0 aromatic rings. The molecule has 2 aliphatic carbocycles. The highest BCUT2D eigenvalue weighted by Crippen LogP contribution is 2.34. The zero-order chi connectivity index (χ0) is 14.0. The number of allylic oxidation sites excluding steroid dienone is 4. The molecule has 1 nitrogen and oxygen atoms in total. The van der Waals surface area contributed by atoms with Crippen LogP contribution in [0.3, 0.4) is 0 Å². The van der Waals surface area contributed by atoms with E-state index in [1.807, 2.05) is 12.2 Å². The molecule has 102 valence electrons. The topological polar surface area (TPSA) is 9.23 Å². The predicted octanol–water partition coefficient (Wildman–Crippen LogP) is 4.51. The van der Waals surface area contributed by atoms with Crippen molar-refractivity contribution in [1.29, 1.82) is 0 Å². The van der Waals surface area contributed by atoms with E-state index < -0.39 is 0 Å². The van der Waals surface area contributed by atoms with E-state index in [-0.39, 0.29) is 11.5 Å². The molecule has 2 radical (unpaired) electrons. The number of rotatable bonds is 3. The molecule has 0 N–H and O–H groups in total. The van der Waals surface area contributed by atoms with Crippen LogP contribution in [0.25, 0.3) is 0 Å². The van der Waals surface area contributed by atoms with Gasteiger partial charge in [-0.05, 0) is 30.4 Å². The van der Waals surface area contributed by atoms with Crippen LogP contribution in [-0.2, 0) is 4.74 Å². The highest BCUT2D eigenvalue weighted by atomic mass is 35.5. The summed E-state index contributed by atoms with van der Waals surface area (Å²) >= 11 is 12.4. The minimum absolute atomic E-state index is 0.0227. The molecule has 3 atom stereocenters.